The van der Waals surface area contributed by atoms with E-state index in [4.69, 9.17) is 19.8 Å². The number of aliphatic hydroxyl groups is 1. The van der Waals surface area contributed by atoms with Crippen LogP contribution >= 0.6 is 0 Å². The third kappa shape index (κ3) is 8.58. The number of allylic oxidation sites excluding steroid dienone is 1. The Morgan fingerprint density at radius 2 is 1.84 bits per heavy atom. The van der Waals surface area contributed by atoms with E-state index in [1.807, 2.05) is 0 Å². The molecular weight excluding hydrogens is 416 g/mol. The van der Waals surface area contributed by atoms with Crippen molar-refractivity contribution in [2.75, 3.05) is 13.2 Å². The Hall–Kier alpha value is -3.69. The zero-order chi connectivity index (χ0) is 23.2. The van der Waals surface area contributed by atoms with E-state index < -0.39 is 24.0 Å². The number of ether oxygens (including phenoxy) is 2. The third-order valence-electron chi connectivity index (χ3n) is 4.31. The van der Waals surface area contributed by atoms with Gasteiger partial charge in [-0.3, -0.25) is 20.1 Å². The molecule has 0 aliphatic rings. The number of carbonyl (C=O) groups is 3. The maximum atomic E-state index is 12.4. The summed E-state index contributed by atoms with van der Waals surface area (Å²) >= 11 is 0. The molecule has 0 aliphatic heterocycles. The Balaban J connectivity index is 2.05. The molecule has 4 N–H and O–H groups in total. The van der Waals surface area contributed by atoms with Crippen molar-refractivity contribution in [1.82, 2.24) is 10.8 Å². The lowest BCUT2D eigenvalue weighted by molar-refractivity contribution is -0.124. The molecule has 9 heteroatoms. The van der Waals surface area contributed by atoms with Crippen LogP contribution in [0.15, 0.2) is 66.7 Å². The Morgan fingerprint density at radius 1 is 1.06 bits per heavy atom. The number of carbonyl (C=O) groups excluding carboxylic acids is 3. The number of benzene rings is 2. The molecule has 0 bridgehead atoms. The standard InChI is InChI=1S/C23H26N2O7/c26-14-15-31-19-11-7-10-18(16-19)20(12-5-2-6-13-21(27)25-30)32-23(29)24-22(28)17-8-3-1-4-9-17/h1,3-4,6-11,13,16,20,26,30H,2,5,12,14-15H2,(H,25,27)(H,24,28,29)/b13-6+/t20-/m1/s1. The highest BCUT2D eigenvalue weighted by Crippen LogP contribution is 2.27. The molecule has 0 heterocycles. The second kappa shape index (κ2) is 13.6. The van der Waals surface area contributed by atoms with Gasteiger partial charge in [0.15, 0.2) is 0 Å². The number of rotatable bonds is 11. The summed E-state index contributed by atoms with van der Waals surface area (Å²) in [6, 6.07) is 15.2. The van der Waals surface area contributed by atoms with Crippen molar-refractivity contribution in [2.24, 2.45) is 0 Å². The van der Waals surface area contributed by atoms with Gasteiger partial charge in [-0.1, -0.05) is 36.4 Å². The number of unbranched alkanes of at least 4 members (excludes halogenated alkanes) is 1. The Kier molecular flexibility index (Phi) is 10.4. The van der Waals surface area contributed by atoms with Crippen LogP contribution in [0.5, 0.6) is 5.75 Å². The van der Waals surface area contributed by atoms with Gasteiger partial charge in [0.25, 0.3) is 11.8 Å². The van der Waals surface area contributed by atoms with Gasteiger partial charge in [-0.25, -0.2) is 10.3 Å². The Labute approximate surface area is 185 Å². The van der Waals surface area contributed by atoms with Gasteiger partial charge in [0, 0.05) is 11.6 Å². The molecule has 3 amide bonds. The van der Waals surface area contributed by atoms with E-state index in [0.29, 0.717) is 36.1 Å². The van der Waals surface area contributed by atoms with Gasteiger partial charge >= 0.3 is 6.09 Å². The Morgan fingerprint density at radius 3 is 2.56 bits per heavy atom. The topological polar surface area (TPSA) is 134 Å². The molecule has 0 aliphatic carbocycles. The molecular formula is C23H26N2O7. The van der Waals surface area contributed by atoms with Crippen LogP contribution in [-0.2, 0) is 9.53 Å². The first-order valence-corrected chi connectivity index (χ1v) is 10.0. The number of nitrogens with one attached hydrogen (secondary N) is 2. The summed E-state index contributed by atoms with van der Waals surface area (Å²) in [4.78, 5) is 35.6. The highest BCUT2D eigenvalue weighted by Gasteiger charge is 2.19. The molecule has 0 spiro atoms. The molecule has 0 unspecified atom stereocenters. The average molecular weight is 442 g/mol. The normalized spacial score (nSPS) is 11.6. The van der Waals surface area contributed by atoms with Crippen LogP contribution in [0.4, 0.5) is 4.79 Å². The minimum absolute atomic E-state index is 0.124. The first-order chi connectivity index (χ1) is 15.5. The van der Waals surface area contributed by atoms with E-state index in [1.165, 1.54) is 11.6 Å². The quantitative estimate of drug-likeness (QED) is 0.182. The van der Waals surface area contributed by atoms with Crippen molar-refractivity contribution in [1.29, 1.82) is 0 Å². The molecule has 2 rings (SSSR count). The molecule has 0 aromatic heterocycles. The molecule has 170 valence electrons. The number of aliphatic hydroxyl groups excluding tert-OH is 1. The van der Waals surface area contributed by atoms with Crippen LogP contribution in [0.3, 0.4) is 0 Å². The van der Waals surface area contributed by atoms with Gasteiger partial charge in [-0.05, 0) is 49.1 Å². The molecule has 9 nitrogen and oxygen atoms in total. The van der Waals surface area contributed by atoms with Crippen LogP contribution in [0.25, 0.3) is 0 Å². The molecule has 0 saturated carbocycles. The first kappa shape index (κ1) is 24.6. The molecule has 1 atom stereocenters. The zero-order valence-electron chi connectivity index (χ0n) is 17.4. The minimum Gasteiger partial charge on any atom is -0.491 e. The summed E-state index contributed by atoms with van der Waals surface area (Å²) in [6.07, 6.45) is 2.67. The monoisotopic (exact) mass is 442 g/mol. The number of hydrogen-bond donors (Lipinski definition) is 4. The predicted octanol–water partition coefficient (Wildman–Crippen LogP) is 2.90. The van der Waals surface area contributed by atoms with Gasteiger partial charge in [0.05, 0.1) is 6.61 Å². The Bertz CT molecular complexity index is 916. The van der Waals surface area contributed by atoms with Crippen LogP contribution in [0, 0.1) is 0 Å². The maximum absolute atomic E-state index is 12.4. The van der Waals surface area contributed by atoms with Gasteiger partial charge in [-0.2, -0.15) is 0 Å². The zero-order valence-corrected chi connectivity index (χ0v) is 17.4. The number of amides is 3. The molecule has 2 aromatic rings. The van der Waals surface area contributed by atoms with Crippen molar-refractivity contribution in [2.45, 2.75) is 25.4 Å². The maximum Gasteiger partial charge on any atom is 0.414 e. The average Bonchev–Trinajstić information content (AvgIpc) is 2.82. The fraction of sp³-hybridized carbons (Fsp3) is 0.261. The van der Waals surface area contributed by atoms with Gasteiger partial charge in [0.2, 0.25) is 0 Å². The largest absolute Gasteiger partial charge is 0.491 e. The summed E-state index contributed by atoms with van der Waals surface area (Å²) in [5, 5.41) is 19.7. The van der Waals surface area contributed by atoms with E-state index in [0.717, 1.165) is 0 Å². The van der Waals surface area contributed by atoms with E-state index in [9.17, 15) is 14.4 Å². The summed E-state index contributed by atoms with van der Waals surface area (Å²) in [5.74, 6) is -0.705. The van der Waals surface area contributed by atoms with E-state index in [1.54, 1.807) is 60.7 Å². The number of imide groups is 1. The van der Waals surface area contributed by atoms with Crippen molar-refractivity contribution in [3.63, 3.8) is 0 Å². The molecule has 0 saturated heterocycles. The third-order valence-corrected chi connectivity index (χ3v) is 4.31. The minimum atomic E-state index is -0.888. The van der Waals surface area contributed by atoms with Crippen LogP contribution in [-0.4, -0.2) is 41.4 Å². The smallest absolute Gasteiger partial charge is 0.414 e. The lowest BCUT2D eigenvalue weighted by atomic mass is 10.0. The van der Waals surface area contributed by atoms with Gasteiger partial charge in [0.1, 0.15) is 18.5 Å². The van der Waals surface area contributed by atoms with Crippen LogP contribution in [0.1, 0.15) is 41.3 Å². The molecule has 0 radical (unpaired) electrons. The number of hydrogen-bond acceptors (Lipinski definition) is 7. The van der Waals surface area contributed by atoms with Gasteiger partial charge < -0.3 is 14.6 Å². The highest BCUT2D eigenvalue weighted by atomic mass is 16.6. The van der Waals surface area contributed by atoms with Crippen molar-refractivity contribution in [3.05, 3.63) is 77.9 Å². The summed E-state index contributed by atoms with van der Waals surface area (Å²) in [7, 11) is 0. The second-order valence-electron chi connectivity index (χ2n) is 6.67. The lowest BCUT2D eigenvalue weighted by Crippen LogP contribution is -2.32. The van der Waals surface area contributed by atoms with Crippen LogP contribution < -0.4 is 15.5 Å². The summed E-state index contributed by atoms with van der Waals surface area (Å²) in [5.41, 5.74) is 2.48. The van der Waals surface area contributed by atoms with Gasteiger partial charge in [-0.15, -0.1) is 0 Å². The summed E-state index contributed by atoms with van der Waals surface area (Å²) in [6.45, 7) is -0.0132. The fourth-order valence-electron chi connectivity index (χ4n) is 2.82. The molecule has 2 aromatic carbocycles. The molecule has 32 heavy (non-hydrogen) atoms. The first-order valence-electron chi connectivity index (χ1n) is 10.0. The molecule has 0 fully saturated rings. The fourth-order valence-corrected chi connectivity index (χ4v) is 2.82. The van der Waals surface area contributed by atoms with Crippen molar-refractivity contribution in [3.8, 4) is 5.75 Å². The highest BCUT2D eigenvalue weighted by molar-refractivity contribution is 6.02. The van der Waals surface area contributed by atoms with Crippen molar-refractivity contribution >= 4 is 17.9 Å². The van der Waals surface area contributed by atoms with E-state index in [-0.39, 0.29) is 13.2 Å². The summed E-state index contributed by atoms with van der Waals surface area (Å²) < 4.78 is 10.9. The van der Waals surface area contributed by atoms with E-state index in [2.05, 4.69) is 5.32 Å². The number of alkyl carbamates (subject to hydrolysis) is 1. The lowest BCUT2D eigenvalue weighted by Gasteiger charge is -2.19. The predicted molar refractivity (Wildman–Crippen MR) is 115 cm³/mol. The van der Waals surface area contributed by atoms with Crippen LogP contribution in [0.2, 0.25) is 0 Å². The van der Waals surface area contributed by atoms with Crippen molar-refractivity contribution < 1.29 is 34.2 Å². The SMILES string of the molecule is O=C(/C=C/CCC[C@@H](OC(=O)NC(=O)c1ccccc1)c1cccc(OCCO)c1)NO. The second-order valence-corrected chi connectivity index (χ2v) is 6.67. The number of hydroxylamine groups is 1. The van der Waals surface area contributed by atoms with E-state index >= 15 is 0 Å².